The van der Waals surface area contributed by atoms with E-state index in [4.69, 9.17) is 0 Å². The molecule has 7 heteroatoms. The van der Waals surface area contributed by atoms with E-state index in [0.29, 0.717) is 18.0 Å². The van der Waals surface area contributed by atoms with Crippen molar-refractivity contribution in [2.24, 2.45) is 5.92 Å². The highest BCUT2D eigenvalue weighted by Crippen LogP contribution is 2.32. The topological polar surface area (TPSA) is 59.9 Å². The molecule has 164 valence electrons. The molecule has 2 aromatic rings. The van der Waals surface area contributed by atoms with Gasteiger partial charge in [-0.25, -0.2) is 9.97 Å². The Bertz CT molecular complexity index is 811. The van der Waals surface area contributed by atoms with Gasteiger partial charge in [0.1, 0.15) is 5.69 Å². The number of ketones is 1. The highest BCUT2D eigenvalue weighted by molar-refractivity contribution is 8.13. The van der Waals surface area contributed by atoms with E-state index < -0.39 is 0 Å². The summed E-state index contributed by atoms with van der Waals surface area (Å²) in [5.41, 5.74) is 0.672. The summed E-state index contributed by atoms with van der Waals surface area (Å²) >= 11 is 4.57. The van der Waals surface area contributed by atoms with Crippen LogP contribution in [-0.2, 0) is 11.2 Å². The fourth-order valence-corrected chi connectivity index (χ4v) is 5.54. The summed E-state index contributed by atoms with van der Waals surface area (Å²) in [5.74, 6) is 1.54. The predicted molar refractivity (Wildman–Crippen MR) is 131 cm³/mol. The third-order valence-electron chi connectivity index (χ3n) is 4.45. The van der Waals surface area contributed by atoms with Gasteiger partial charge in [-0.1, -0.05) is 50.6 Å². The van der Waals surface area contributed by atoms with Crippen molar-refractivity contribution in [3.63, 3.8) is 0 Å². The molecule has 0 amide bonds. The van der Waals surface area contributed by atoms with Crippen LogP contribution in [-0.4, -0.2) is 26.6 Å². The molecule has 0 aliphatic rings. The zero-order chi connectivity index (χ0) is 21.8. The van der Waals surface area contributed by atoms with Crippen molar-refractivity contribution in [2.75, 3.05) is 5.75 Å². The minimum atomic E-state index is 0.174. The number of carbonyl (C=O) groups is 2. The lowest BCUT2D eigenvalue weighted by Crippen LogP contribution is -2.05. The maximum Gasteiger partial charge on any atom is 0.185 e. The van der Waals surface area contributed by atoms with E-state index in [0.717, 1.165) is 65.6 Å². The summed E-state index contributed by atoms with van der Waals surface area (Å²) in [4.78, 5) is 33.8. The second kappa shape index (κ2) is 13.9. The molecular formula is C23H32N2O2S3. The first kappa shape index (κ1) is 25.0. The Kier molecular flexibility index (Phi) is 11.6. The molecule has 0 N–H and O–H groups in total. The number of hydrogen-bond donors (Lipinski definition) is 0. The second-order valence-electron chi connectivity index (χ2n) is 7.70. The molecule has 2 heterocycles. The number of aromatic nitrogens is 2. The predicted octanol–water partition coefficient (Wildman–Crippen LogP) is 7.21. The fourth-order valence-electron chi connectivity index (χ4n) is 3.03. The van der Waals surface area contributed by atoms with Gasteiger partial charge in [-0.3, -0.25) is 9.59 Å². The van der Waals surface area contributed by atoms with Crippen molar-refractivity contribution in [3.8, 4) is 10.0 Å². The van der Waals surface area contributed by atoms with Crippen molar-refractivity contribution in [3.05, 3.63) is 34.3 Å². The number of hydrogen-bond acceptors (Lipinski definition) is 7. The molecule has 4 nitrogen and oxygen atoms in total. The molecule has 2 aromatic heterocycles. The van der Waals surface area contributed by atoms with Gasteiger partial charge in [0.25, 0.3) is 0 Å². The van der Waals surface area contributed by atoms with Crippen molar-refractivity contribution in [1.29, 1.82) is 0 Å². The Morgan fingerprint density at radius 2 is 1.87 bits per heavy atom. The summed E-state index contributed by atoms with van der Waals surface area (Å²) in [6.45, 7) is 5.96. The second-order valence-corrected chi connectivity index (χ2v) is 11.0. The Morgan fingerprint density at radius 1 is 1.10 bits per heavy atom. The van der Waals surface area contributed by atoms with E-state index in [-0.39, 0.29) is 10.9 Å². The minimum absolute atomic E-state index is 0.174. The number of rotatable bonds is 14. The smallest absolute Gasteiger partial charge is 0.185 e. The first-order valence-corrected chi connectivity index (χ1v) is 13.4. The molecule has 0 aliphatic carbocycles. The van der Waals surface area contributed by atoms with Crippen molar-refractivity contribution < 1.29 is 9.59 Å². The largest absolute Gasteiger partial charge is 0.292 e. The summed E-state index contributed by atoms with van der Waals surface area (Å²) in [5, 5.41) is 3.90. The van der Waals surface area contributed by atoms with Crippen LogP contribution < -0.4 is 0 Å². The van der Waals surface area contributed by atoms with Crippen LogP contribution in [0.5, 0.6) is 0 Å². The van der Waals surface area contributed by atoms with Crippen molar-refractivity contribution >= 4 is 45.3 Å². The number of nitrogens with zero attached hydrogens (tertiary/aromatic N) is 2. The molecular weight excluding hydrogens is 432 g/mol. The number of Topliss-reactive ketones (excluding diaryl/α,β-unsaturated/α-hetero) is 1. The molecule has 0 bridgehead atoms. The number of allylic oxidation sites excluding steroid dienone is 2. The standard InChI is InChI=1S/C23H32N2O2S3/c1-17(2)16-20-21(25-23(30-20)22-24-13-15-29-22)19(27)12-10-8-6-4-5-7-9-11-14-28-18(3)26/h7,9,13,15,17H,4-6,8,10-12,14,16H2,1-3H3/b9-7+. The molecule has 0 aliphatic heterocycles. The van der Waals surface area contributed by atoms with Gasteiger partial charge >= 0.3 is 0 Å². The van der Waals surface area contributed by atoms with Gasteiger partial charge in [0.2, 0.25) is 0 Å². The van der Waals surface area contributed by atoms with Gasteiger partial charge in [0.15, 0.2) is 20.9 Å². The van der Waals surface area contributed by atoms with E-state index in [9.17, 15) is 9.59 Å². The van der Waals surface area contributed by atoms with Crippen LogP contribution in [0.25, 0.3) is 10.0 Å². The fraction of sp³-hybridized carbons (Fsp3) is 0.565. The molecule has 0 radical (unpaired) electrons. The van der Waals surface area contributed by atoms with Crippen LogP contribution in [0.15, 0.2) is 23.7 Å². The van der Waals surface area contributed by atoms with Crippen LogP contribution in [0.1, 0.15) is 81.1 Å². The average Bonchev–Trinajstić information content (AvgIpc) is 3.35. The van der Waals surface area contributed by atoms with Gasteiger partial charge in [-0.2, -0.15) is 0 Å². The third-order valence-corrected chi connectivity index (χ3v) is 7.29. The molecule has 2 rings (SSSR count). The SMILES string of the molecule is CC(=O)SCC/C=C/CCCCCCC(=O)c1nc(-c2nccs2)sc1CC(C)C. The van der Waals surface area contributed by atoms with Crippen LogP contribution in [0.3, 0.4) is 0 Å². The van der Waals surface area contributed by atoms with Gasteiger partial charge in [0.05, 0.1) is 0 Å². The van der Waals surface area contributed by atoms with E-state index in [2.05, 4.69) is 36.0 Å². The number of carbonyl (C=O) groups excluding carboxylic acids is 2. The lowest BCUT2D eigenvalue weighted by atomic mass is 10.0. The monoisotopic (exact) mass is 464 g/mol. The van der Waals surface area contributed by atoms with Crippen molar-refractivity contribution in [1.82, 2.24) is 9.97 Å². The molecule has 0 aromatic carbocycles. The third kappa shape index (κ3) is 9.23. The average molecular weight is 465 g/mol. The maximum absolute atomic E-state index is 12.8. The van der Waals surface area contributed by atoms with Crippen molar-refractivity contribution in [2.45, 2.75) is 72.1 Å². The quantitative estimate of drug-likeness (QED) is 0.168. The van der Waals surface area contributed by atoms with Gasteiger partial charge in [-0.15, -0.1) is 22.7 Å². The first-order chi connectivity index (χ1) is 14.5. The van der Waals surface area contributed by atoms with Gasteiger partial charge in [-0.05, 0) is 38.0 Å². The van der Waals surface area contributed by atoms with Gasteiger partial charge in [0, 0.05) is 35.6 Å². The Labute approximate surface area is 192 Å². The van der Waals surface area contributed by atoms with E-state index in [1.165, 1.54) is 11.8 Å². The molecule has 0 fully saturated rings. The Hall–Kier alpha value is -1.31. The van der Waals surface area contributed by atoms with E-state index >= 15 is 0 Å². The Balaban J connectivity index is 1.71. The zero-order valence-corrected chi connectivity index (χ0v) is 20.6. The molecule has 0 atom stereocenters. The van der Waals surface area contributed by atoms with Crippen LogP contribution in [0.2, 0.25) is 0 Å². The number of unbranched alkanes of at least 4 members (excludes halogenated alkanes) is 4. The van der Waals surface area contributed by atoms with E-state index in [1.54, 1.807) is 35.8 Å². The number of thioether (sulfide) groups is 1. The summed E-state index contributed by atoms with van der Waals surface area (Å²) in [6, 6.07) is 0. The molecule has 30 heavy (non-hydrogen) atoms. The summed E-state index contributed by atoms with van der Waals surface area (Å²) in [6.07, 6.45) is 13.9. The maximum atomic E-state index is 12.8. The van der Waals surface area contributed by atoms with Crippen LogP contribution in [0, 0.1) is 5.92 Å². The molecule has 0 spiro atoms. The summed E-state index contributed by atoms with van der Waals surface area (Å²) in [7, 11) is 0. The lowest BCUT2D eigenvalue weighted by molar-refractivity contribution is -0.109. The molecule has 0 saturated carbocycles. The molecule has 0 unspecified atom stereocenters. The van der Waals surface area contributed by atoms with Crippen LogP contribution >= 0.6 is 34.4 Å². The highest BCUT2D eigenvalue weighted by Gasteiger charge is 2.20. The molecule has 0 saturated heterocycles. The zero-order valence-electron chi connectivity index (χ0n) is 18.2. The normalized spacial score (nSPS) is 11.6. The highest BCUT2D eigenvalue weighted by atomic mass is 32.2. The number of thiazole rings is 2. The van der Waals surface area contributed by atoms with Gasteiger partial charge < -0.3 is 0 Å². The Morgan fingerprint density at radius 3 is 2.57 bits per heavy atom. The van der Waals surface area contributed by atoms with Crippen LogP contribution in [0.4, 0.5) is 0 Å². The summed E-state index contributed by atoms with van der Waals surface area (Å²) < 4.78 is 0. The van der Waals surface area contributed by atoms with E-state index in [1.807, 2.05) is 5.38 Å². The lowest BCUT2D eigenvalue weighted by Gasteiger charge is -2.04. The minimum Gasteiger partial charge on any atom is -0.292 e. The first-order valence-electron chi connectivity index (χ1n) is 10.7.